The number of benzene rings is 2. The number of rotatable bonds is 5. The molecule has 3 aromatic rings. The fourth-order valence-electron chi connectivity index (χ4n) is 3.20. The van der Waals surface area contributed by atoms with Crippen molar-refractivity contribution in [2.24, 2.45) is 0 Å². The van der Waals surface area contributed by atoms with Crippen LogP contribution in [0.15, 0.2) is 45.6 Å². The molecule has 0 N–H and O–H groups in total. The Kier molecular flexibility index (Phi) is 5.14. The summed E-state index contributed by atoms with van der Waals surface area (Å²) in [4.78, 5) is 36.1. The number of hydrogen-bond acceptors (Lipinski definition) is 8. The summed E-state index contributed by atoms with van der Waals surface area (Å²) in [5.74, 6) is 0.188. The van der Waals surface area contributed by atoms with Crippen molar-refractivity contribution in [1.29, 1.82) is 0 Å². The molecule has 0 fully saturated rings. The predicted molar refractivity (Wildman–Crippen MR) is 105 cm³/mol. The minimum Gasteiger partial charge on any atom is -0.469 e. The topological polar surface area (TPSA) is 101 Å². The van der Waals surface area contributed by atoms with Crippen LogP contribution in [0.3, 0.4) is 0 Å². The highest BCUT2D eigenvalue weighted by Gasteiger charge is 2.20. The first kappa shape index (κ1) is 19.5. The zero-order valence-electron chi connectivity index (χ0n) is 16.4. The maximum atomic E-state index is 12.7. The van der Waals surface area contributed by atoms with Gasteiger partial charge in [0, 0.05) is 23.9 Å². The number of hydrogen-bond donors (Lipinski definition) is 0. The van der Waals surface area contributed by atoms with Crippen LogP contribution in [0.1, 0.15) is 27.9 Å². The van der Waals surface area contributed by atoms with Crippen LogP contribution in [0.4, 0.5) is 0 Å². The van der Waals surface area contributed by atoms with Gasteiger partial charge in [0.25, 0.3) is 0 Å². The molecule has 2 aromatic carbocycles. The molecule has 1 aliphatic heterocycles. The van der Waals surface area contributed by atoms with E-state index in [1.807, 2.05) is 0 Å². The van der Waals surface area contributed by atoms with Crippen LogP contribution in [0, 0.1) is 6.92 Å². The summed E-state index contributed by atoms with van der Waals surface area (Å²) in [6.45, 7) is 1.87. The van der Waals surface area contributed by atoms with Crippen LogP contribution in [0.5, 0.6) is 17.2 Å². The molecule has 1 aromatic heterocycles. The van der Waals surface area contributed by atoms with Gasteiger partial charge in [-0.15, -0.1) is 0 Å². The number of fused-ring (bicyclic) bond motifs is 2. The van der Waals surface area contributed by atoms with E-state index in [-0.39, 0.29) is 42.5 Å². The molecule has 0 bridgehead atoms. The Balaban J connectivity index is 1.70. The number of carbonyl (C=O) groups excluding carboxylic acids is 2. The molecule has 4 rings (SSSR count). The molecular formula is C22H18O8. The van der Waals surface area contributed by atoms with Crippen LogP contribution < -0.4 is 19.8 Å². The second-order valence-electron chi connectivity index (χ2n) is 6.74. The summed E-state index contributed by atoms with van der Waals surface area (Å²) in [6, 6.07) is 9.34. The Morgan fingerprint density at radius 1 is 1.07 bits per heavy atom. The van der Waals surface area contributed by atoms with Gasteiger partial charge in [0.2, 0.25) is 6.79 Å². The first-order valence-corrected chi connectivity index (χ1v) is 9.20. The Morgan fingerprint density at radius 3 is 2.67 bits per heavy atom. The quantitative estimate of drug-likeness (QED) is 0.359. The summed E-state index contributed by atoms with van der Waals surface area (Å²) in [6.07, 6.45) is 0.386. The minimum absolute atomic E-state index is 0.0918. The fourth-order valence-corrected chi connectivity index (χ4v) is 3.20. The molecule has 0 amide bonds. The van der Waals surface area contributed by atoms with E-state index in [4.69, 9.17) is 23.4 Å². The van der Waals surface area contributed by atoms with Crippen molar-refractivity contribution < 1.29 is 33.0 Å². The Morgan fingerprint density at radius 2 is 1.87 bits per heavy atom. The molecule has 8 heteroatoms. The molecule has 0 atom stereocenters. The van der Waals surface area contributed by atoms with Gasteiger partial charge in [-0.1, -0.05) is 0 Å². The summed E-state index contributed by atoms with van der Waals surface area (Å²) in [5, 5.41) is 0.692. The summed E-state index contributed by atoms with van der Waals surface area (Å²) >= 11 is 0. The number of methoxy groups -OCH3 is 1. The Hall–Kier alpha value is -3.81. The smallest absolute Gasteiger partial charge is 0.343 e. The molecule has 154 valence electrons. The molecule has 8 nitrogen and oxygen atoms in total. The van der Waals surface area contributed by atoms with Gasteiger partial charge in [0.1, 0.15) is 11.3 Å². The van der Waals surface area contributed by atoms with Gasteiger partial charge in [-0.25, -0.2) is 9.59 Å². The van der Waals surface area contributed by atoms with Crippen molar-refractivity contribution in [2.75, 3.05) is 13.9 Å². The van der Waals surface area contributed by atoms with Gasteiger partial charge < -0.3 is 23.4 Å². The SMILES string of the molecule is COC(=O)CCc1cc2c(C)cc(=O)oc2cc1OC(=O)c1ccc2c(c1)OCO2. The second-order valence-corrected chi connectivity index (χ2v) is 6.74. The highest BCUT2D eigenvalue weighted by atomic mass is 16.7. The highest BCUT2D eigenvalue weighted by molar-refractivity contribution is 5.93. The molecule has 0 saturated carbocycles. The minimum atomic E-state index is -0.623. The van der Waals surface area contributed by atoms with Crippen LogP contribution >= 0.6 is 0 Å². The van der Waals surface area contributed by atoms with E-state index in [2.05, 4.69) is 0 Å². The van der Waals surface area contributed by atoms with Crippen LogP contribution in [-0.4, -0.2) is 25.8 Å². The van der Waals surface area contributed by atoms with Crippen molar-refractivity contribution in [3.63, 3.8) is 0 Å². The first-order chi connectivity index (χ1) is 14.4. The normalized spacial score (nSPS) is 12.1. The Bertz CT molecular complexity index is 1210. The first-order valence-electron chi connectivity index (χ1n) is 9.20. The highest BCUT2D eigenvalue weighted by Crippen LogP contribution is 2.34. The van der Waals surface area contributed by atoms with Gasteiger partial charge in [0.05, 0.1) is 12.7 Å². The largest absolute Gasteiger partial charge is 0.469 e. The maximum absolute atomic E-state index is 12.7. The average molecular weight is 410 g/mol. The van der Waals surface area contributed by atoms with Crippen LogP contribution in [-0.2, 0) is 16.0 Å². The zero-order chi connectivity index (χ0) is 21.3. The molecule has 0 saturated heterocycles. The zero-order valence-corrected chi connectivity index (χ0v) is 16.4. The fraction of sp³-hybridized carbons (Fsp3) is 0.227. The van der Waals surface area contributed by atoms with Crippen molar-refractivity contribution in [1.82, 2.24) is 0 Å². The second kappa shape index (κ2) is 7.90. The third-order valence-corrected chi connectivity index (χ3v) is 4.77. The van der Waals surface area contributed by atoms with Gasteiger partial charge in [0.15, 0.2) is 11.5 Å². The standard InChI is InChI=1S/C22H18O8/c1-12-7-21(24)29-18-10-17(13(8-15(12)18)4-6-20(23)26-2)30-22(25)14-3-5-16-19(9-14)28-11-27-16/h3,5,7-10H,4,6,11H2,1-2H3. The molecular weight excluding hydrogens is 392 g/mol. The third kappa shape index (κ3) is 3.84. The van der Waals surface area contributed by atoms with Crippen molar-refractivity contribution >= 4 is 22.9 Å². The number of esters is 2. The van der Waals surface area contributed by atoms with E-state index >= 15 is 0 Å². The molecule has 1 aliphatic rings. The van der Waals surface area contributed by atoms with Gasteiger partial charge in [-0.2, -0.15) is 0 Å². The average Bonchev–Trinajstić information content (AvgIpc) is 3.19. The number of aryl methyl sites for hydroxylation is 2. The maximum Gasteiger partial charge on any atom is 0.343 e. The molecule has 30 heavy (non-hydrogen) atoms. The lowest BCUT2D eigenvalue weighted by atomic mass is 10.0. The molecule has 0 spiro atoms. The van der Waals surface area contributed by atoms with Crippen LogP contribution in [0.2, 0.25) is 0 Å². The lowest BCUT2D eigenvalue weighted by Gasteiger charge is -2.12. The van der Waals surface area contributed by atoms with Crippen LogP contribution in [0.25, 0.3) is 11.0 Å². The van der Waals surface area contributed by atoms with E-state index < -0.39 is 11.6 Å². The van der Waals surface area contributed by atoms with Crippen molar-refractivity contribution in [3.8, 4) is 17.2 Å². The number of ether oxygens (including phenoxy) is 4. The van der Waals surface area contributed by atoms with E-state index in [9.17, 15) is 14.4 Å². The predicted octanol–water partition coefficient (Wildman–Crippen LogP) is 3.15. The van der Waals surface area contributed by atoms with E-state index in [0.29, 0.717) is 28.0 Å². The number of carbonyl (C=O) groups is 2. The molecule has 0 aliphatic carbocycles. The van der Waals surface area contributed by atoms with Crippen molar-refractivity contribution in [2.45, 2.75) is 19.8 Å². The van der Waals surface area contributed by atoms with Crippen molar-refractivity contribution in [3.05, 3.63) is 63.5 Å². The molecule has 0 unspecified atom stereocenters. The van der Waals surface area contributed by atoms with E-state index in [1.54, 1.807) is 25.1 Å². The summed E-state index contributed by atoms with van der Waals surface area (Å²) in [7, 11) is 1.31. The molecule has 0 radical (unpaired) electrons. The third-order valence-electron chi connectivity index (χ3n) is 4.77. The Labute approximate surface area is 170 Å². The lowest BCUT2D eigenvalue weighted by Crippen LogP contribution is -2.11. The van der Waals surface area contributed by atoms with E-state index in [0.717, 1.165) is 0 Å². The van der Waals surface area contributed by atoms with Gasteiger partial charge in [-0.05, 0) is 48.7 Å². The summed E-state index contributed by atoms with van der Waals surface area (Å²) in [5.41, 5.74) is 1.38. The summed E-state index contributed by atoms with van der Waals surface area (Å²) < 4.78 is 26.1. The van der Waals surface area contributed by atoms with E-state index in [1.165, 1.54) is 25.3 Å². The molecule has 2 heterocycles. The van der Waals surface area contributed by atoms with Gasteiger partial charge >= 0.3 is 17.6 Å². The lowest BCUT2D eigenvalue weighted by molar-refractivity contribution is -0.140. The monoisotopic (exact) mass is 410 g/mol. The van der Waals surface area contributed by atoms with Gasteiger partial charge in [-0.3, -0.25) is 4.79 Å².